The molecule has 0 saturated carbocycles. The molecule has 55 heavy (non-hydrogen) atoms. The molecule has 6 heteroatoms. The van der Waals surface area contributed by atoms with Crippen LogP contribution < -0.4 is 0 Å². The summed E-state index contributed by atoms with van der Waals surface area (Å²) in [6.45, 7) is 25.1. The van der Waals surface area contributed by atoms with Gasteiger partial charge in [0, 0.05) is 16.7 Å². The van der Waals surface area contributed by atoms with Crippen molar-refractivity contribution in [1.82, 2.24) is 0 Å². The number of carbonyl (C=O) groups excluding carboxylic acids is 3. The topological polar surface area (TPSA) is 78.9 Å². The van der Waals surface area contributed by atoms with E-state index in [1.807, 2.05) is 0 Å². The van der Waals surface area contributed by atoms with Gasteiger partial charge in [-0.25, -0.2) is 14.4 Å². The van der Waals surface area contributed by atoms with Crippen molar-refractivity contribution in [3.8, 4) is 0 Å². The Bertz CT molecular complexity index is 907. The van der Waals surface area contributed by atoms with Gasteiger partial charge in [-0.05, 0) is 47.0 Å². The van der Waals surface area contributed by atoms with E-state index in [1.165, 1.54) is 180 Å². The molecule has 0 aliphatic heterocycles. The average Bonchev–Trinajstić information content (AvgIpc) is 3.16. The standard InChI is InChI=1S/C22H42O2.C20H38O2.C7H11O2/c1-4-5-6-7-8-9-10-11-12-13-14-15-16-17-18-19-20-24-22(23)21(2)3;1-4-5-6-7-8-9-10-11-12-13-14-15-16-17-18-22-20(21)19(2)3;1-4-5-9-7(8)6(2)3/h2,4-20H2,1,3H3;2,4-18H2,1,3H3;1-2,4-5H2,3H3. The number of ether oxygens (including phenoxy) is 3. The van der Waals surface area contributed by atoms with Crippen LogP contribution in [0.2, 0.25) is 0 Å². The molecule has 0 spiro atoms. The Labute approximate surface area is 342 Å². The molecule has 0 atom stereocenters. The average molecular weight is 776 g/mol. The van der Waals surface area contributed by atoms with Crippen molar-refractivity contribution < 1.29 is 28.6 Å². The Morgan fingerprint density at radius 2 is 0.509 bits per heavy atom. The number of rotatable bonds is 37. The van der Waals surface area contributed by atoms with E-state index in [2.05, 4.69) is 45.2 Å². The molecule has 0 unspecified atom stereocenters. The van der Waals surface area contributed by atoms with E-state index in [-0.39, 0.29) is 17.9 Å². The van der Waals surface area contributed by atoms with Crippen LogP contribution in [-0.2, 0) is 28.6 Å². The van der Waals surface area contributed by atoms with Gasteiger partial charge in [0.2, 0.25) is 0 Å². The highest BCUT2D eigenvalue weighted by molar-refractivity contribution is 5.87. The fourth-order valence-corrected chi connectivity index (χ4v) is 5.81. The minimum absolute atomic E-state index is 0.254. The van der Waals surface area contributed by atoms with E-state index in [1.54, 1.807) is 20.8 Å². The van der Waals surface area contributed by atoms with Crippen LogP contribution >= 0.6 is 0 Å². The summed E-state index contributed by atoms with van der Waals surface area (Å²) in [7, 11) is 0. The van der Waals surface area contributed by atoms with E-state index in [0.29, 0.717) is 43.0 Å². The summed E-state index contributed by atoms with van der Waals surface area (Å²) in [5.74, 6) is -0.843. The first-order chi connectivity index (χ1) is 26.5. The molecule has 0 aromatic carbocycles. The van der Waals surface area contributed by atoms with Crippen LogP contribution in [0.1, 0.15) is 234 Å². The molecular formula is C49H91O6. The van der Waals surface area contributed by atoms with Gasteiger partial charge in [-0.15, -0.1) is 0 Å². The van der Waals surface area contributed by atoms with Crippen molar-refractivity contribution in [3.63, 3.8) is 0 Å². The minimum Gasteiger partial charge on any atom is -0.462 e. The lowest BCUT2D eigenvalue weighted by atomic mass is 10.0. The second-order valence-electron chi connectivity index (χ2n) is 15.5. The molecule has 1 radical (unpaired) electrons. The monoisotopic (exact) mass is 776 g/mol. The predicted molar refractivity (Wildman–Crippen MR) is 237 cm³/mol. The maximum Gasteiger partial charge on any atom is 0.333 e. The first-order valence-corrected chi connectivity index (χ1v) is 22.8. The lowest BCUT2D eigenvalue weighted by Crippen LogP contribution is -2.05. The van der Waals surface area contributed by atoms with Crippen LogP contribution in [0, 0.1) is 6.92 Å². The molecule has 0 aliphatic carbocycles. The highest BCUT2D eigenvalue weighted by Crippen LogP contribution is 2.15. The Morgan fingerprint density at radius 1 is 0.327 bits per heavy atom. The smallest absolute Gasteiger partial charge is 0.333 e. The SMILES string of the molecule is C=C(C)C(=O)OCCCCCCCCCCCCCCCC.C=C(C)C(=O)OCCCCCCCCCCCCCCCCCC.[CH2]CCOC(=O)C(=C)C. The second-order valence-corrected chi connectivity index (χ2v) is 15.5. The molecule has 0 N–H and O–H groups in total. The van der Waals surface area contributed by atoms with Crippen LogP contribution in [0.15, 0.2) is 36.5 Å². The third-order valence-electron chi connectivity index (χ3n) is 9.38. The van der Waals surface area contributed by atoms with E-state index in [9.17, 15) is 14.4 Å². The van der Waals surface area contributed by atoms with Crippen molar-refractivity contribution in [2.45, 2.75) is 234 Å². The second kappa shape index (κ2) is 47.8. The number of carbonyl (C=O) groups is 3. The van der Waals surface area contributed by atoms with E-state index < -0.39 is 0 Å². The maximum absolute atomic E-state index is 11.2. The molecule has 0 heterocycles. The molecule has 6 nitrogen and oxygen atoms in total. The lowest BCUT2D eigenvalue weighted by molar-refractivity contribution is -0.139. The first-order valence-electron chi connectivity index (χ1n) is 22.8. The van der Waals surface area contributed by atoms with Gasteiger partial charge in [0.05, 0.1) is 19.8 Å². The Hall–Kier alpha value is -2.37. The van der Waals surface area contributed by atoms with Gasteiger partial charge in [0.1, 0.15) is 0 Å². The van der Waals surface area contributed by atoms with E-state index in [0.717, 1.165) is 12.8 Å². The molecule has 323 valence electrons. The zero-order valence-corrected chi connectivity index (χ0v) is 37.3. The van der Waals surface area contributed by atoms with Gasteiger partial charge in [-0.2, -0.15) is 0 Å². The normalized spacial score (nSPS) is 10.4. The van der Waals surface area contributed by atoms with Crippen LogP contribution in [0.4, 0.5) is 0 Å². The third-order valence-corrected chi connectivity index (χ3v) is 9.38. The molecular weight excluding hydrogens is 685 g/mol. The summed E-state index contributed by atoms with van der Waals surface area (Å²) in [5.41, 5.74) is 1.42. The van der Waals surface area contributed by atoms with Gasteiger partial charge in [-0.3, -0.25) is 0 Å². The third kappa shape index (κ3) is 51.6. The first kappa shape index (κ1) is 57.0. The summed E-state index contributed by atoms with van der Waals surface area (Å²) in [5, 5.41) is 0. The molecule has 0 rings (SSSR count). The molecule has 0 bridgehead atoms. The predicted octanol–water partition coefficient (Wildman–Crippen LogP) is 15.3. The summed E-state index contributed by atoms with van der Waals surface area (Å²) < 4.78 is 14.8. The molecule has 0 aromatic heterocycles. The molecule has 0 aromatic rings. The van der Waals surface area contributed by atoms with Gasteiger partial charge in [0.15, 0.2) is 0 Å². The minimum atomic E-state index is -0.335. The summed E-state index contributed by atoms with van der Waals surface area (Å²) in [6.07, 6.45) is 41.1. The highest BCUT2D eigenvalue weighted by atomic mass is 16.5. The fourth-order valence-electron chi connectivity index (χ4n) is 5.81. The van der Waals surface area contributed by atoms with Crippen LogP contribution in [-0.4, -0.2) is 37.7 Å². The van der Waals surface area contributed by atoms with E-state index >= 15 is 0 Å². The largest absolute Gasteiger partial charge is 0.462 e. The quantitative estimate of drug-likeness (QED) is 0.0271. The van der Waals surface area contributed by atoms with Gasteiger partial charge in [-0.1, -0.05) is 213 Å². The Morgan fingerprint density at radius 3 is 0.691 bits per heavy atom. The number of unbranched alkanes of at least 4 members (excludes halogenated alkanes) is 28. The fraction of sp³-hybridized carbons (Fsp3) is 0.796. The van der Waals surface area contributed by atoms with Crippen molar-refractivity contribution >= 4 is 17.9 Å². The Kier molecular flexibility index (Phi) is 49.5. The van der Waals surface area contributed by atoms with Gasteiger partial charge in [0.25, 0.3) is 0 Å². The maximum atomic E-state index is 11.2. The highest BCUT2D eigenvalue weighted by Gasteiger charge is 2.03. The van der Waals surface area contributed by atoms with Crippen molar-refractivity contribution in [2.75, 3.05) is 19.8 Å². The van der Waals surface area contributed by atoms with Crippen LogP contribution in [0.25, 0.3) is 0 Å². The van der Waals surface area contributed by atoms with E-state index in [4.69, 9.17) is 9.47 Å². The number of hydrogen-bond donors (Lipinski definition) is 0. The molecule has 0 amide bonds. The zero-order chi connectivity index (χ0) is 41.6. The summed E-state index contributed by atoms with van der Waals surface area (Å²) in [6, 6.07) is 0. The summed E-state index contributed by atoms with van der Waals surface area (Å²) >= 11 is 0. The van der Waals surface area contributed by atoms with Crippen LogP contribution in [0.5, 0.6) is 0 Å². The number of hydrogen-bond acceptors (Lipinski definition) is 6. The number of esters is 3. The lowest BCUT2D eigenvalue weighted by Gasteiger charge is -2.05. The van der Waals surface area contributed by atoms with Crippen molar-refractivity contribution in [3.05, 3.63) is 43.4 Å². The Balaban J connectivity index is -0.000000807. The van der Waals surface area contributed by atoms with Crippen molar-refractivity contribution in [2.24, 2.45) is 0 Å². The molecule has 0 saturated heterocycles. The van der Waals surface area contributed by atoms with Gasteiger partial charge >= 0.3 is 17.9 Å². The molecule has 0 aliphatic rings. The van der Waals surface area contributed by atoms with Crippen molar-refractivity contribution in [1.29, 1.82) is 0 Å². The summed E-state index contributed by atoms with van der Waals surface area (Å²) in [4.78, 5) is 32.9. The van der Waals surface area contributed by atoms with Crippen LogP contribution in [0.3, 0.4) is 0 Å². The van der Waals surface area contributed by atoms with Gasteiger partial charge < -0.3 is 14.2 Å². The molecule has 0 fully saturated rings. The zero-order valence-electron chi connectivity index (χ0n) is 37.3.